The van der Waals surface area contributed by atoms with E-state index in [-0.39, 0.29) is 10.8 Å². The number of carbonyl (C=O) groups is 1. The van der Waals surface area contributed by atoms with Crippen molar-refractivity contribution in [1.29, 1.82) is 0 Å². The van der Waals surface area contributed by atoms with Crippen molar-refractivity contribution < 1.29 is 22.7 Å². The molecule has 2 aliphatic rings. The van der Waals surface area contributed by atoms with Crippen molar-refractivity contribution >= 4 is 27.3 Å². The number of ether oxygens (including phenoxy) is 2. The lowest BCUT2D eigenvalue weighted by Gasteiger charge is -2.31. The Kier molecular flexibility index (Phi) is 7.52. The summed E-state index contributed by atoms with van der Waals surface area (Å²) in [6, 6.07) is 14.1. The highest BCUT2D eigenvalue weighted by Crippen LogP contribution is 2.32. The van der Waals surface area contributed by atoms with E-state index < -0.39 is 16.1 Å². The second kappa shape index (κ2) is 10.5. The third-order valence-corrected chi connectivity index (χ3v) is 7.85. The lowest BCUT2D eigenvalue weighted by molar-refractivity contribution is -0.122. The first kappa shape index (κ1) is 23.5. The molecular weight excluding hydrogens is 442 g/mol. The number of hydrogen-bond donors (Lipinski definition) is 1. The maximum absolute atomic E-state index is 13.2. The Bertz CT molecular complexity index is 1050. The molecule has 0 radical (unpaired) electrons. The molecule has 0 aliphatic carbocycles. The Morgan fingerprint density at radius 3 is 2.39 bits per heavy atom. The Labute approximate surface area is 195 Å². The number of nitrogens with zero attached hydrogens (tertiary/aromatic N) is 2. The number of benzene rings is 2. The van der Waals surface area contributed by atoms with Crippen LogP contribution in [-0.2, 0) is 19.6 Å². The molecule has 178 valence electrons. The first-order chi connectivity index (χ1) is 15.9. The molecule has 2 heterocycles. The van der Waals surface area contributed by atoms with E-state index in [1.54, 1.807) is 37.3 Å². The van der Waals surface area contributed by atoms with Gasteiger partial charge in [0.15, 0.2) is 6.10 Å². The predicted molar refractivity (Wildman–Crippen MR) is 127 cm³/mol. The van der Waals surface area contributed by atoms with Gasteiger partial charge in [0.05, 0.1) is 29.5 Å². The fraction of sp³-hybridized carbons (Fsp3) is 0.458. The number of amides is 1. The third-order valence-electron chi connectivity index (χ3n) is 5.96. The second-order valence-electron chi connectivity index (χ2n) is 8.31. The molecule has 33 heavy (non-hydrogen) atoms. The van der Waals surface area contributed by atoms with E-state index in [9.17, 15) is 13.2 Å². The van der Waals surface area contributed by atoms with Crippen molar-refractivity contribution in [3.05, 3.63) is 48.5 Å². The minimum absolute atomic E-state index is 0.164. The highest BCUT2D eigenvalue weighted by Gasteiger charge is 2.28. The maximum Gasteiger partial charge on any atom is 0.265 e. The van der Waals surface area contributed by atoms with Crippen molar-refractivity contribution in [1.82, 2.24) is 4.31 Å². The number of nitrogens with one attached hydrogen (secondary N) is 1. The number of hydrogen-bond acceptors (Lipinski definition) is 6. The highest BCUT2D eigenvalue weighted by atomic mass is 32.2. The monoisotopic (exact) mass is 473 g/mol. The van der Waals surface area contributed by atoms with Gasteiger partial charge in [-0.25, -0.2) is 8.42 Å². The molecule has 0 aromatic heterocycles. The zero-order valence-electron chi connectivity index (χ0n) is 18.9. The lowest BCUT2D eigenvalue weighted by atomic mass is 10.1. The zero-order valence-corrected chi connectivity index (χ0v) is 19.7. The minimum atomic E-state index is -3.68. The molecule has 1 unspecified atom stereocenters. The van der Waals surface area contributed by atoms with Crippen molar-refractivity contribution in [3.63, 3.8) is 0 Å². The Hall–Kier alpha value is -2.62. The van der Waals surface area contributed by atoms with Gasteiger partial charge in [0.1, 0.15) is 5.75 Å². The largest absolute Gasteiger partial charge is 0.481 e. The van der Waals surface area contributed by atoms with Gasteiger partial charge in [-0.2, -0.15) is 4.31 Å². The van der Waals surface area contributed by atoms with Gasteiger partial charge in [-0.05, 0) is 56.5 Å². The summed E-state index contributed by atoms with van der Waals surface area (Å²) in [5.74, 6) is 0.262. The number of anilines is 2. The van der Waals surface area contributed by atoms with Gasteiger partial charge in [0, 0.05) is 26.2 Å². The molecule has 8 nitrogen and oxygen atoms in total. The summed E-state index contributed by atoms with van der Waals surface area (Å²) in [6.07, 6.45) is 2.55. The molecular formula is C24H31N3O5S. The van der Waals surface area contributed by atoms with Gasteiger partial charge in [0.25, 0.3) is 5.91 Å². The topological polar surface area (TPSA) is 88.2 Å². The lowest BCUT2D eigenvalue weighted by Crippen LogP contribution is -2.40. The summed E-state index contributed by atoms with van der Waals surface area (Å²) in [4.78, 5) is 15.3. The summed E-state index contributed by atoms with van der Waals surface area (Å²) in [7, 11) is -3.68. The quantitative estimate of drug-likeness (QED) is 0.665. The first-order valence-electron chi connectivity index (χ1n) is 11.4. The van der Waals surface area contributed by atoms with E-state index in [0.29, 0.717) is 37.7 Å². The minimum Gasteiger partial charge on any atom is -0.481 e. The van der Waals surface area contributed by atoms with Crippen LogP contribution in [0.15, 0.2) is 53.4 Å². The van der Waals surface area contributed by atoms with Gasteiger partial charge in [-0.3, -0.25) is 4.79 Å². The van der Waals surface area contributed by atoms with Crippen LogP contribution in [0.4, 0.5) is 11.4 Å². The van der Waals surface area contributed by atoms with E-state index in [4.69, 9.17) is 9.47 Å². The van der Waals surface area contributed by atoms with Gasteiger partial charge in [-0.1, -0.05) is 18.2 Å². The normalized spacial score (nSPS) is 18.5. The Balaban J connectivity index is 1.60. The van der Waals surface area contributed by atoms with Crippen molar-refractivity contribution in [2.75, 3.05) is 49.6 Å². The SMILES string of the molecule is CC(Oc1ccccc1)C(=O)Nc1cc(S(=O)(=O)N2CCOCC2)ccc1N1CCCCC1. The van der Waals surface area contributed by atoms with Crippen molar-refractivity contribution in [2.45, 2.75) is 37.2 Å². The molecule has 2 fully saturated rings. The molecule has 1 N–H and O–H groups in total. The van der Waals surface area contributed by atoms with Crippen molar-refractivity contribution in [2.24, 2.45) is 0 Å². The highest BCUT2D eigenvalue weighted by molar-refractivity contribution is 7.89. The standard InChI is InChI=1S/C24H31N3O5S/c1-19(32-20-8-4-2-5-9-20)24(28)25-22-18-21(33(29,30)27-14-16-31-17-15-27)10-11-23(22)26-12-6-3-7-13-26/h2,4-5,8-11,18-19H,3,6-7,12-17H2,1H3,(H,25,28). The van der Waals surface area contributed by atoms with E-state index in [2.05, 4.69) is 10.2 Å². The van der Waals surface area contributed by atoms with E-state index in [1.165, 1.54) is 10.7 Å². The molecule has 1 atom stereocenters. The van der Waals surface area contributed by atoms with Gasteiger partial charge in [0.2, 0.25) is 10.0 Å². The number of piperidine rings is 1. The fourth-order valence-electron chi connectivity index (χ4n) is 4.11. The summed E-state index contributed by atoms with van der Waals surface area (Å²) >= 11 is 0. The molecule has 4 rings (SSSR count). The number of para-hydroxylation sites is 1. The summed E-state index contributed by atoms with van der Waals surface area (Å²) in [5.41, 5.74) is 1.32. The van der Waals surface area contributed by atoms with Crippen LogP contribution in [0.25, 0.3) is 0 Å². The van der Waals surface area contributed by atoms with Gasteiger partial charge >= 0.3 is 0 Å². The summed E-state index contributed by atoms with van der Waals surface area (Å²) in [6.45, 7) is 4.81. The number of rotatable bonds is 7. The van der Waals surface area contributed by atoms with Gasteiger partial charge < -0.3 is 19.7 Å². The van der Waals surface area contributed by atoms with Crippen LogP contribution in [0.3, 0.4) is 0 Å². The molecule has 0 spiro atoms. The number of morpholine rings is 1. The summed E-state index contributed by atoms with van der Waals surface area (Å²) in [5, 5.41) is 2.93. The van der Waals surface area contributed by atoms with Crippen LogP contribution < -0.4 is 15.0 Å². The maximum atomic E-state index is 13.2. The predicted octanol–water partition coefficient (Wildman–Crippen LogP) is 3.10. The zero-order chi connectivity index (χ0) is 23.3. The number of carbonyl (C=O) groups excluding carboxylic acids is 1. The van der Waals surface area contributed by atoms with Crippen LogP contribution in [0, 0.1) is 0 Å². The van der Waals surface area contributed by atoms with Crippen LogP contribution in [0.2, 0.25) is 0 Å². The fourth-order valence-corrected chi connectivity index (χ4v) is 5.55. The average Bonchev–Trinajstić information content (AvgIpc) is 2.85. The van der Waals surface area contributed by atoms with Crippen molar-refractivity contribution in [3.8, 4) is 5.75 Å². The molecule has 9 heteroatoms. The first-order valence-corrected chi connectivity index (χ1v) is 12.9. The Morgan fingerprint density at radius 2 is 1.70 bits per heavy atom. The van der Waals surface area contributed by atoms with Gasteiger partial charge in [-0.15, -0.1) is 0 Å². The van der Waals surface area contributed by atoms with Crippen LogP contribution in [0.1, 0.15) is 26.2 Å². The molecule has 0 bridgehead atoms. The molecule has 2 saturated heterocycles. The van der Waals surface area contributed by atoms with E-state index >= 15 is 0 Å². The molecule has 2 aliphatic heterocycles. The molecule has 2 aromatic carbocycles. The Morgan fingerprint density at radius 1 is 1.00 bits per heavy atom. The van der Waals surface area contributed by atoms with E-state index in [0.717, 1.165) is 31.6 Å². The van der Waals surface area contributed by atoms with Crippen LogP contribution >= 0.6 is 0 Å². The van der Waals surface area contributed by atoms with Crippen LogP contribution in [0.5, 0.6) is 5.75 Å². The molecule has 2 aromatic rings. The summed E-state index contributed by atoms with van der Waals surface area (Å²) < 4.78 is 38.9. The van der Waals surface area contributed by atoms with E-state index in [1.807, 2.05) is 18.2 Å². The second-order valence-corrected chi connectivity index (χ2v) is 10.2. The molecule has 1 amide bonds. The third kappa shape index (κ3) is 5.66. The average molecular weight is 474 g/mol. The van der Waals surface area contributed by atoms with Crippen LogP contribution in [-0.4, -0.2) is 64.1 Å². The molecule has 0 saturated carbocycles. The number of sulfonamides is 1. The smallest absolute Gasteiger partial charge is 0.265 e.